The Morgan fingerprint density at radius 3 is 2.72 bits per heavy atom. The third-order valence-electron chi connectivity index (χ3n) is 5.71. The summed E-state index contributed by atoms with van der Waals surface area (Å²) < 4.78 is 5.35. The van der Waals surface area contributed by atoms with Gasteiger partial charge in [-0.15, -0.1) is 0 Å². The van der Waals surface area contributed by atoms with E-state index in [1.54, 1.807) is 6.20 Å². The Morgan fingerprint density at radius 1 is 1.24 bits per heavy atom. The van der Waals surface area contributed by atoms with E-state index in [1.165, 1.54) is 0 Å². The van der Waals surface area contributed by atoms with E-state index in [2.05, 4.69) is 20.5 Å². The summed E-state index contributed by atoms with van der Waals surface area (Å²) in [5.41, 5.74) is 0.538. The molecule has 7 nitrogen and oxygen atoms in total. The van der Waals surface area contributed by atoms with E-state index in [4.69, 9.17) is 4.74 Å². The fraction of sp³-hybridized carbons (Fsp3) is 0.667. The van der Waals surface area contributed by atoms with Crippen LogP contribution in [-0.2, 0) is 4.74 Å². The minimum atomic E-state index is -0.467. The first-order valence-electron chi connectivity index (χ1n) is 9.19. The van der Waals surface area contributed by atoms with Gasteiger partial charge in [-0.2, -0.15) is 0 Å². The van der Waals surface area contributed by atoms with Crippen LogP contribution in [0.25, 0.3) is 0 Å². The molecule has 1 amide bonds. The topological polar surface area (TPSA) is 86.7 Å². The monoisotopic (exact) mass is 346 g/mol. The molecule has 1 saturated carbocycles. The van der Waals surface area contributed by atoms with E-state index in [9.17, 15) is 9.90 Å². The molecule has 0 unspecified atom stereocenters. The molecule has 25 heavy (non-hydrogen) atoms. The number of hydrogen-bond acceptors (Lipinski definition) is 6. The van der Waals surface area contributed by atoms with Crippen LogP contribution in [0.4, 0.5) is 5.82 Å². The molecule has 7 heteroatoms. The lowest BCUT2D eigenvalue weighted by Gasteiger charge is -2.35. The second-order valence-electron chi connectivity index (χ2n) is 7.30. The van der Waals surface area contributed by atoms with Gasteiger partial charge in [-0.1, -0.05) is 0 Å². The Bertz CT molecular complexity index is 603. The van der Waals surface area contributed by atoms with E-state index in [1.807, 2.05) is 12.1 Å². The number of nitrogens with zero attached hydrogens (tertiary/aromatic N) is 2. The maximum absolute atomic E-state index is 12.5. The van der Waals surface area contributed by atoms with Gasteiger partial charge in [-0.05, 0) is 49.9 Å². The van der Waals surface area contributed by atoms with Crippen molar-refractivity contribution >= 4 is 11.7 Å². The molecule has 0 radical (unpaired) electrons. The third kappa shape index (κ3) is 3.63. The highest BCUT2D eigenvalue weighted by Crippen LogP contribution is 2.33. The molecule has 3 aliphatic rings. The number of aliphatic hydroxyl groups is 1. The number of hydrogen-bond donors (Lipinski definition) is 3. The minimum Gasteiger partial charge on any atom is -0.391 e. The molecule has 3 heterocycles. The first-order valence-corrected chi connectivity index (χ1v) is 9.19. The van der Waals surface area contributed by atoms with Gasteiger partial charge in [-0.25, -0.2) is 4.98 Å². The number of pyridine rings is 1. The molecule has 0 spiro atoms. The number of anilines is 1. The van der Waals surface area contributed by atoms with Gasteiger partial charge in [0.1, 0.15) is 5.82 Å². The van der Waals surface area contributed by atoms with E-state index in [0.717, 1.165) is 44.8 Å². The largest absolute Gasteiger partial charge is 0.391 e. The molecular weight excluding hydrogens is 320 g/mol. The molecule has 0 aromatic carbocycles. The first kappa shape index (κ1) is 16.8. The number of ether oxygens (including phenoxy) is 1. The number of fused-ring (bicyclic) bond motifs is 1. The molecule has 1 aromatic heterocycles. The average molecular weight is 346 g/mol. The van der Waals surface area contributed by atoms with Gasteiger partial charge in [0.05, 0.1) is 30.9 Å². The van der Waals surface area contributed by atoms with Crippen LogP contribution in [0.2, 0.25) is 0 Å². The summed E-state index contributed by atoms with van der Waals surface area (Å²) in [6, 6.07) is 3.52. The predicted molar refractivity (Wildman–Crippen MR) is 93.6 cm³/mol. The molecular formula is C18H26N4O3. The normalized spacial score (nSPS) is 32.3. The van der Waals surface area contributed by atoms with Gasteiger partial charge in [-0.3, -0.25) is 4.79 Å². The average Bonchev–Trinajstić information content (AvgIpc) is 3.10. The molecule has 2 saturated heterocycles. The molecule has 2 aliphatic heterocycles. The highest BCUT2D eigenvalue weighted by Gasteiger charge is 2.39. The lowest BCUT2D eigenvalue weighted by Crippen LogP contribution is -2.49. The van der Waals surface area contributed by atoms with Gasteiger partial charge in [0.2, 0.25) is 0 Å². The number of carbonyl (C=O) groups excluding carboxylic acids is 1. The molecule has 1 aliphatic carbocycles. The van der Waals surface area contributed by atoms with Crippen molar-refractivity contribution in [2.24, 2.45) is 11.8 Å². The van der Waals surface area contributed by atoms with Crippen molar-refractivity contribution in [3.05, 3.63) is 23.9 Å². The molecule has 4 atom stereocenters. The van der Waals surface area contributed by atoms with Crippen LogP contribution in [0.5, 0.6) is 0 Å². The summed E-state index contributed by atoms with van der Waals surface area (Å²) >= 11 is 0. The SMILES string of the molecule is O=C(N[C@H]1C[C@H]2CNC[C@H]2C[C@@H]1O)c1ccc(N2CCOCC2)nc1. The standard InChI is InChI=1S/C18H26N4O3/c23-16-8-14-10-19-9-13(14)7-15(16)21-18(24)12-1-2-17(20-11-12)22-3-5-25-6-4-22/h1-2,11,13-16,19,23H,3-10H2,(H,21,24)/t13-,14+,15-,16-/m0/s1. The Balaban J connectivity index is 1.37. The number of rotatable bonds is 3. The Hall–Kier alpha value is -1.70. The predicted octanol–water partition coefficient (Wildman–Crippen LogP) is 0.00690. The van der Waals surface area contributed by atoms with Gasteiger partial charge in [0.25, 0.3) is 5.91 Å². The van der Waals surface area contributed by atoms with Crippen molar-refractivity contribution in [1.82, 2.24) is 15.6 Å². The molecule has 1 aromatic rings. The smallest absolute Gasteiger partial charge is 0.253 e. The van der Waals surface area contributed by atoms with E-state index in [-0.39, 0.29) is 11.9 Å². The highest BCUT2D eigenvalue weighted by molar-refractivity contribution is 5.94. The number of aliphatic hydroxyl groups excluding tert-OH is 1. The lowest BCUT2D eigenvalue weighted by atomic mass is 9.77. The summed E-state index contributed by atoms with van der Waals surface area (Å²) in [7, 11) is 0. The van der Waals surface area contributed by atoms with Crippen molar-refractivity contribution in [3.8, 4) is 0 Å². The second kappa shape index (κ2) is 7.27. The van der Waals surface area contributed by atoms with Gasteiger partial charge in [0, 0.05) is 19.3 Å². The van der Waals surface area contributed by atoms with Crippen LogP contribution in [0.15, 0.2) is 18.3 Å². The lowest BCUT2D eigenvalue weighted by molar-refractivity contribution is 0.0462. The van der Waals surface area contributed by atoms with Crippen molar-refractivity contribution in [2.75, 3.05) is 44.3 Å². The third-order valence-corrected chi connectivity index (χ3v) is 5.71. The fourth-order valence-electron chi connectivity index (χ4n) is 4.20. The van der Waals surface area contributed by atoms with Crippen molar-refractivity contribution in [1.29, 1.82) is 0 Å². The summed E-state index contributed by atoms with van der Waals surface area (Å²) in [5.74, 6) is 1.81. The maximum Gasteiger partial charge on any atom is 0.253 e. The maximum atomic E-state index is 12.5. The zero-order valence-electron chi connectivity index (χ0n) is 14.4. The van der Waals surface area contributed by atoms with Crippen molar-refractivity contribution in [2.45, 2.75) is 25.0 Å². The molecule has 3 N–H and O–H groups in total. The summed E-state index contributed by atoms with van der Waals surface area (Å²) in [6.45, 7) is 5.03. The summed E-state index contributed by atoms with van der Waals surface area (Å²) in [5, 5.41) is 16.7. The minimum absolute atomic E-state index is 0.158. The van der Waals surface area contributed by atoms with Crippen molar-refractivity contribution in [3.63, 3.8) is 0 Å². The number of aromatic nitrogens is 1. The number of carbonyl (C=O) groups is 1. The molecule has 136 valence electrons. The van der Waals surface area contributed by atoms with Gasteiger partial charge < -0.3 is 25.4 Å². The number of nitrogens with one attached hydrogen (secondary N) is 2. The summed E-state index contributed by atoms with van der Waals surface area (Å²) in [4.78, 5) is 19.1. The van der Waals surface area contributed by atoms with Crippen molar-refractivity contribution < 1.29 is 14.6 Å². The number of morpholine rings is 1. The zero-order chi connectivity index (χ0) is 17.2. The van der Waals surface area contributed by atoms with Crippen LogP contribution < -0.4 is 15.5 Å². The second-order valence-corrected chi connectivity index (χ2v) is 7.30. The van der Waals surface area contributed by atoms with Gasteiger partial charge in [0.15, 0.2) is 0 Å². The van der Waals surface area contributed by atoms with E-state index in [0.29, 0.717) is 30.6 Å². The molecule has 0 bridgehead atoms. The van der Waals surface area contributed by atoms with E-state index < -0.39 is 6.10 Å². The number of amides is 1. The summed E-state index contributed by atoms with van der Waals surface area (Å²) in [6.07, 6.45) is 2.75. The van der Waals surface area contributed by atoms with Gasteiger partial charge >= 0.3 is 0 Å². The van der Waals surface area contributed by atoms with Crippen LogP contribution in [0.1, 0.15) is 23.2 Å². The van der Waals surface area contributed by atoms with E-state index >= 15 is 0 Å². The van der Waals surface area contributed by atoms with Crippen LogP contribution in [0, 0.1) is 11.8 Å². The quantitative estimate of drug-likeness (QED) is 0.715. The van der Waals surface area contributed by atoms with Crippen LogP contribution in [-0.4, -0.2) is 67.5 Å². The van der Waals surface area contributed by atoms with Crippen LogP contribution in [0.3, 0.4) is 0 Å². The Labute approximate surface area is 147 Å². The zero-order valence-corrected chi connectivity index (χ0v) is 14.4. The van der Waals surface area contributed by atoms with Crippen LogP contribution >= 0.6 is 0 Å². The molecule has 3 fully saturated rings. The Kier molecular flexibility index (Phi) is 4.87. The fourth-order valence-corrected chi connectivity index (χ4v) is 4.20. The highest BCUT2D eigenvalue weighted by atomic mass is 16.5. The Morgan fingerprint density at radius 2 is 2.00 bits per heavy atom. The first-order chi connectivity index (χ1) is 12.2. The molecule has 4 rings (SSSR count).